The van der Waals surface area contributed by atoms with Crippen LogP contribution in [0.1, 0.15) is 8.22 Å². The molecule has 0 bridgehead atoms. The molecule has 0 aliphatic heterocycles. The maximum atomic E-state index is 7.67. The molecule has 0 unspecified atom stereocenters. The second-order valence-electron chi connectivity index (χ2n) is 1.88. The van der Waals surface area contributed by atoms with Gasteiger partial charge in [0.05, 0.1) is 13.7 Å². The number of hydrogen-bond donors (Lipinski definition) is 0. The van der Waals surface area contributed by atoms with Crippen LogP contribution < -0.4 is 0 Å². The molecule has 1 aromatic heterocycles. The zero-order chi connectivity index (χ0) is 12.9. The van der Waals surface area contributed by atoms with Crippen LogP contribution in [0.4, 0.5) is 0 Å². The Labute approximate surface area is 78.1 Å². The lowest BCUT2D eigenvalue weighted by Gasteiger charge is -1.94. The Morgan fingerprint density at radius 3 is 2.91 bits per heavy atom. The van der Waals surface area contributed by atoms with E-state index < -0.39 is 12.1 Å². The molecule has 11 heavy (non-hydrogen) atoms. The first-order valence-electron chi connectivity index (χ1n) is 5.89. The van der Waals surface area contributed by atoms with Gasteiger partial charge in [0.25, 0.3) is 0 Å². The fourth-order valence-corrected chi connectivity index (χ4v) is 0.852. The average molecular weight is 170 g/mol. The molecule has 54 valence electrons. The van der Waals surface area contributed by atoms with Crippen molar-refractivity contribution >= 4 is 22.5 Å². The Kier molecular flexibility index (Phi) is 0.630. The van der Waals surface area contributed by atoms with Gasteiger partial charge >= 0.3 is 0 Å². The van der Waals surface area contributed by atoms with Crippen molar-refractivity contribution < 1.29 is 8.22 Å². The molecule has 2 aromatic rings. The lowest BCUT2D eigenvalue weighted by atomic mass is 10.2. The lowest BCUT2D eigenvalue weighted by molar-refractivity contribution is 1.41. The Bertz CT molecular complexity index is 633. The zero-order valence-electron chi connectivity index (χ0n) is 11.3. The van der Waals surface area contributed by atoms with E-state index in [1.165, 1.54) is 0 Å². The van der Waals surface area contributed by atoms with Gasteiger partial charge in [-0.2, -0.15) is 0 Å². The number of fused-ring (bicyclic) bond motifs is 1. The summed E-state index contributed by atoms with van der Waals surface area (Å²) < 4.78 is 45.4. The molecule has 1 heterocycles. The van der Waals surface area contributed by atoms with Gasteiger partial charge in [0.1, 0.15) is 5.15 Å². The maximum absolute atomic E-state index is 7.67. The highest BCUT2D eigenvalue weighted by Crippen LogP contribution is 2.13. The molecule has 0 N–H and O–H groups in total. The normalized spacial score (nSPS) is 17.9. The van der Waals surface area contributed by atoms with Crippen molar-refractivity contribution in [3.05, 3.63) is 41.4 Å². The van der Waals surface area contributed by atoms with Gasteiger partial charge in [-0.05, 0) is 18.1 Å². The number of halogens is 1. The molecule has 0 aliphatic rings. The summed E-state index contributed by atoms with van der Waals surface area (Å²) in [6, 6.07) is -2.28. The Morgan fingerprint density at radius 1 is 1.18 bits per heavy atom. The number of rotatable bonds is 0. The first-order chi connectivity index (χ1) is 7.86. The van der Waals surface area contributed by atoms with Crippen LogP contribution in [0.2, 0.25) is 5.15 Å². The van der Waals surface area contributed by atoms with Gasteiger partial charge < -0.3 is 0 Å². The van der Waals surface area contributed by atoms with Gasteiger partial charge in [0.2, 0.25) is 0 Å². The largest absolute Gasteiger partial charge is 0.236 e. The number of nitrogens with zero attached hydrogens (tertiary/aromatic N) is 1. The molecule has 0 aliphatic carbocycles. The van der Waals surface area contributed by atoms with Crippen molar-refractivity contribution in [1.29, 1.82) is 0 Å². The Morgan fingerprint density at radius 2 is 2.00 bits per heavy atom. The van der Waals surface area contributed by atoms with Crippen LogP contribution in [0, 0.1) is 0 Å². The number of para-hydroxylation sites is 1. The standard InChI is InChI=1S/C9H6ClN/c10-9-6-5-7-3-1-2-4-8(7)11-9/h1-6H/i1D,2D,3D,4D,5D,6D. The van der Waals surface area contributed by atoms with E-state index in [1.807, 2.05) is 0 Å². The minimum atomic E-state index is -0.445. The number of aromatic nitrogens is 1. The number of benzene rings is 1. The van der Waals surface area contributed by atoms with E-state index in [-0.39, 0.29) is 40.2 Å². The molecule has 0 amide bonds. The van der Waals surface area contributed by atoms with E-state index in [2.05, 4.69) is 4.98 Å². The quantitative estimate of drug-likeness (QED) is 0.553. The second-order valence-corrected chi connectivity index (χ2v) is 2.23. The molecule has 0 saturated carbocycles. The monoisotopic (exact) mass is 169 g/mol. The van der Waals surface area contributed by atoms with Crippen LogP contribution in [0.5, 0.6) is 0 Å². The first-order valence-corrected chi connectivity index (χ1v) is 3.26. The summed E-state index contributed by atoms with van der Waals surface area (Å²) in [7, 11) is 0. The summed E-state index contributed by atoms with van der Waals surface area (Å²) in [6.45, 7) is 0. The molecule has 0 saturated heterocycles. The molecule has 2 rings (SSSR count). The summed E-state index contributed by atoms with van der Waals surface area (Å²) in [5.74, 6) is 0. The highest BCUT2D eigenvalue weighted by molar-refractivity contribution is 6.29. The lowest BCUT2D eigenvalue weighted by Crippen LogP contribution is -1.76. The smallest absolute Gasteiger partial charge is 0.129 e. The zero-order valence-corrected chi connectivity index (χ0v) is 6.08. The SMILES string of the molecule is [2H]c1c([2H])c([2H])c2c([2H])c([2H])c(Cl)nc2c1[2H]. The van der Waals surface area contributed by atoms with Gasteiger partial charge in [0.15, 0.2) is 0 Å². The van der Waals surface area contributed by atoms with E-state index in [1.54, 1.807) is 0 Å². The van der Waals surface area contributed by atoms with E-state index in [0.29, 0.717) is 0 Å². The van der Waals surface area contributed by atoms with Crippen molar-refractivity contribution in [2.75, 3.05) is 0 Å². The number of hydrogen-bond acceptors (Lipinski definition) is 1. The third-order valence-corrected chi connectivity index (χ3v) is 1.35. The molecule has 0 radical (unpaired) electrons. The predicted molar refractivity (Wildman–Crippen MR) is 46.8 cm³/mol. The van der Waals surface area contributed by atoms with Crippen molar-refractivity contribution in [3.8, 4) is 0 Å². The summed E-state index contributed by atoms with van der Waals surface area (Å²) in [6.07, 6.45) is 0. The summed E-state index contributed by atoms with van der Waals surface area (Å²) in [4.78, 5) is 3.75. The van der Waals surface area contributed by atoms with Crippen molar-refractivity contribution in [2.45, 2.75) is 0 Å². The van der Waals surface area contributed by atoms with Crippen LogP contribution in [0.3, 0.4) is 0 Å². The second kappa shape index (κ2) is 2.51. The van der Waals surface area contributed by atoms with E-state index in [0.717, 1.165) is 0 Å². The highest BCUT2D eigenvalue weighted by atomic mass is 35.5. The molecular weight excluding hydrogens is 158 g/mol. The molecule has 0 spiro atoms. The fourth-order valence-electron chi connectivity index (χ4n) is 0.720. The molecule has 0 atom stereocenters. The van der Waals surface area contributed by atoms with E-state index in [9.17, 15) is 0 Å². The van der Waals surface area contributed by atoms with Gasteiger partial charge in [-0.1, -0.05) is 29.7 Å². The van der Waals surface area contributed by atoms with Gasteiger partial charge in [0, 0.05) is 5.39 Å². The minimum absolute atomic E-state index is 0.0783. The van der Waals surface area contributed by atoms with E-state index in [4.69, 9.17) is 19.8 Å². The van der Waals surface area contributed by atoms with Crippen LogP contribution in [0.15, 0.2) is 36.3 Å². The third-order valence-electron chi connectivity index (χ3n) is 1.17. The Hall–Kier alpha value is -1.08. The molecule has 1 aromatic carbocycles. The van der Waals surface area contributed by atoms with Crippen LogP contribution in [-0.2, 0) is 0 Å². The fraction of sp³-hybridized carbons (Fsp3) is 0. The van der Waals surface area contributed by atoms with Crippen molar-refractivity contribution in [3.63, 3.8) is 0 Å². The minimum Gasteiger partial charge on any atom is -0.236 e. The van der Waals surface area contributed by atoms with Crippen molar-refractivity contribution in [2.24, 2.45) is 0 Å². The van der Waals surface area contributed by atoms with Gasteiger partial charge in [-0.3, -0.25) is 0 Å². The highest BCUT2D eigenvalue weighted by Gasteiger charge is 1.92. The van der Waals surface area contributed by atoms with Crippen LogP contribution in [0.25, 0.3) is 10.9 Å². The van der Waals surface area contributed by atoms with Crippen molar-refractivity contribution in [1.82, 2.24) is 4.98 Å². The summed E-state index contributed by atoms with van der Waals surface area (Å²) in [5.41, 5.74) is -0.0815. The molecular formula is C9H6ClN. The average Bonchev–Trinajstić information content (AvgIpc) is 2.30. The molecule has 2 heteroatoms. The number of pyridine rings is 1. The van der Waals surface area contributed by atoms with Gasteiger partial charge in [-0.25, -0.2) is 4.98 Å². The van der Waals surface area contributed by atoms with Crippen LogP contribution in [-0.4, -0.2) is 4.98 Å². The first kappa shape index (κ1) is 2.76. The molecule has 0 fully saturated rings. The molecule has 1 nitrogen and oxygen atoms in total. The maximum Gasteiger partial charge on any atom is 0.129 e. The topological polar surface area (TPSA) is 12.9 Å². The predicted octanol–water partition coefficient (Wildman–Crippen LogP) is 2.89. The summed E-state index contributed by atoms with van der Waals surface area (Å²) in [5, 5.41) is -0.321. The van der Waals surface area contributed by atoms with E-state index >= 15 is 0 Å². The summed E-state index contributed by atoms with van der Waals surface area (Å²) >= 11 is 5.64. The van der Waals surface area contributed by atoms with Gasteiger partial charge in [-0.15, -0.1) is 0 Å². The third kappa shape index (κ3) is 1.19. The Balaban J connectivity index is 3.12. The van der Waals surface area contributed by atoms with Crippen LogP contribution >= 0.6 is 11.6 Å².